The van der Waals surface area contributed by atoms with Gasteiger partial charge in [-0.15, -0.1) is 0 Å². The van der Waals surface area contributed by atoms with Crippen LogP contribution >= 0.6 is 0 Å². The fraction of sp³-hybridized carbons (Fsp3) is 0.500. The third-order valence-electron chi connectivity index (χ3n) is 13.0. The smallest absolute Gasteiger partial charge is 0.261 e. The van der Waals surface area contributed by atoms with Gasteiger partial charge in [-0.1, -0.05) is 126 Å². The molecule has 7 rings (SSSR count). The maximum Gasteiger partial charge on any atom is 0.261 e. The van der Waals surface area contributed by atoms with Crippen molar-refractivity contribution in [3.63, 3.8) is 0 Å². The van der Waals surface area contributed by atoms with E-state index in [-0.39, 0.29) is 46.8 Å². The van der Waals surface area contributed by atoms with Crippen molar-refractivity contribution in [3.8, 4) is 5.75 Å². The number of allylic oxidation sites excluding steroid dienone is 1. The van der Waals surface area contributed by atoms with Gasteiger partial charge in [-0.05, 0) is 108 Å². The van der Waals surface area contributed by atoms with Crippen molar-refractivity contribution in [2.45, 2.75) is 123 Å². The Balaban J connectivity index is 1.26. The quantitative estimate of drug-likeness (QED) is 0.113. The molecular formula is C48H61NO5Si. The van der Waals surface area contributed by atoms with Crippen LogP contribution in [0.25, 0.3) is 6.08 Å². The second kappa shape index (κ2) is 16.4. The number of rotatable bonds is 12. The number of hydrogen-bond donors (Lipinski definition) is 1. The number of carbonyl (C=O) groups excluding carboxylic acids is 2. The Morgan fingerprint density at radius 1 is 0.891 bits per heavy atom. The van der Waals surface area contributed by atoms with Crippen molar-refractivity contribution < 1.29 is 23.9 Å². The number of phenolic OH excluding ortho intramolecular Hbond substituents is 1. The van der Waals surface area contributed by atoms with E-state index < -0.39 is 8.32 Å². The van der Waals surface area contributed by atoms with Crippen LogP contribution in [0.2, 0.25) is 5.04 Å². The average molecular weight is 760 g/mol. The van der Waals surface area contributed by atoms with E-state index in [1.54, 1.807) is 4.90 Å². The first-order valence-electron chi connectivity index (χ1n) is 20.9. The molecule has 2 amide bonds. The topological polar surface area (TPSA) is 76.1 Å². The molecule has 55 heavy (non-hydrogen) atoms. The highest BCUT2D eigenvalue weighted by Crippen LogP contribution is 2.51. The predicted octanol–water partition coefficient (Wildman–Crippen LogP) is 9.20. The summed E-state index contributed by atoms with van der Waals surface area (Å²) in [5, 5.41) is 12.7. The third kappa shape index (κ3) is 7.57. The van der Waals surface area contributed by atoms with Gasteiger partial charge in [0.05, 0.1) is 31.2 Å². The molecule has 4 atom stereocenters. The lowest BCUT2D eigenvalue weighted by molar-refractivity contribution is -0.143. The number of ether oxygens (including phenoxy) is 1. The van der Waals surface area contributed by atoms with Gasteiger partial charge in [0, 0.05) is 12.0 Å². The Bertz CT molecular complexity index is 1860. The average Bonchev–Trinajstić information content (AvgIpc) is 3.71. The molecule has 0 spiro atoms. The van der Waals surface area contributed by atoms with Gasteiger partial charge < -0.3 is 14.3 Å². The van der Waals surface area contributed by atoms with E-state index in [1.165, 1.54) is 33.5 Å². The van der Waals surface area contributed by atoms with Crippen LogP contribution < -0.4 is 10.4 Å². The predicted molar refractivity (Wildman–Crippen MR) is 224 cm³/mol. The van der Waals surface area contributed by atoms with Crippen LogP contribution in [0.4, 0.5) is 0 Å². The number of aromatic hydroxyl groups is 1. The molecule has 292 valence electrons. The van der Waals surface area contributed by atoms with E-state index in [2.05, 4.69) is 107 Å². The van der Waals surface area contributed by atoms with Gasteiger partial charge in [-0.3, -0.25) is 14.5 Å². The minimum Gasteiger partial charge on any atom is -0.507 e. The van der Waals surface area contributed by atoms with Crippen molar-refractivity contribution in [1.82, 2.24) is 4.90 Å². The maximum absolute atomic E-state index is 14.4. The largest absolute Gasteiger partial charge is 0.507 e. The van der Waals surface area contributed by atoms with E-state index in [0.717, 1.165) is 68.1 Å². The number of phenols is 1. The highest BCUT2D eigenvalue weighted by molar-refractivity contribution is 6.99. The molecule has 0 aromatic heterocycles. The standard InChI is InChI=1S/C48H61NO5Si/c1-7-17-34(28-35-26-32(2)45(50)33(3)27-35)24-25-42-43-36(29-40-44(41(43)31-53-42)47(52)49(46(40)51)37-18-11-8-12-19-37)30-54-55(48(4,5)6,38-20-13-9-14-21-38)39-22-15-10-16-23-39/h9-10,13-16,20-23,26-28,37,40-42,44,50H,7-8,11-12,17-19,24-25,29-31H2,1-6H3/b34-28+/t40-,41+,42-,44-/m1/s1. The molecule has 3 aromatic rings. The second-order valence-corrected chi connectivity index (χ2v) is 22.0. The van der Waals surface area contributed by atoms with Gasteiger partial charge in [0.15, 0.2) is 0 Å². The molecule has 3 fully saturated rings. The monoisotopic (exact) mass is 759 g/mol. The number of amides is 2. The number of aryl methyl sites for hydroxylation is 2. The van der Waals surface area contributed by atoms with Crippen LogP contribution in [0.5, 0.6) is 5.75 Å². The summed E-state index contributed by atoms with van der Waals surface area (Å²) in [6, 6.07) is 25.6. The van der Waals surface area contributed by atoms with Crippen LogP contribution in [-0.2, 0) is 18.8 Å². The first kappa shape index (κ1) is 39.5. The van der Waals surface area contributed by atoms with E-state index in [1.807, 2.05) is 13.8 Å². The van der Waals surface area contributed by atoms with Gasteiger partial charge in [0.2, 0.25) is 11.8 Å². The van der Waals surface area contributed by atoms with Crippen molar-refractivity contribution >= 4 is 36.6 Å². The van der Waals surface area contributed by atoms with E-state index in [9.17, 15) is 14.7 Å². The van der Waals surface area contributed by atoms with Crippen LogP contribution in [-0.4, -0.2) is 55.5 Å². The minimum absolute atomic E-state index is 0.0200. The Hall–Kier alpha value is -3.78. The molecule has 7 heteroatoms. The molecular weight excluding hydrogens is 699 g/mol. The van der Waals surface area contributed by atoms with Gasteiger partial charge in [0.25, 0.3) is 8.32 Å². The zero-order valence-corrected chi connectivity index (χ0v) is 34.9. The number of carbonyl (C=O) groups is 2. The SMILES string of the molecule is CCC/C(=C\c1cc(C)c(O)c(C)c1)CC[C@H]1OC[C@H]2C1=C(CO[Si](c1ccccc1)(c1ccccc1)C(C)(C)C)C[C@H]1C(=O)N(C3CCCCC3)C(=O)[C@H]12. The van der Waals surface area contributed by atoms with E-state index in [0.29, 0.717) is 25.4 Å². The van der Waals surface area contributed by atoms with Crippen molar-refractivity contribution in [2.24, 2.45) is 17.8 Å². The highest BCUT2D eigenvalue weighted by atomic mass is 28.4. The van der Waals surface area contributed by atoms with Crippen molar-refractivity contribution in [2.75, 3.05) is 13.2 Å². The summed E-state index contributed by atoms with van der Waals surface area (Å²) in [6.07, 6.45) is 11.5. The third-order valence-corrected chi connectivity index (χ3v) is 18.0. The summed E-state index contributed by atoms with van der Waals surface area (Å²) in [7, 11) is -2.87. The molecule has 1 saturated carbocycles. The summed E-state index contributed by atoms with van der Waals surface area (Å²) in [6.45, 7) is 13.9. The van der Waals surface area contributed by atoms with Gasteiger partial charge in [0.1, 0.15) is 5.75 Å². The summed E-state index contributed by atoms with van der Waals surface area (Å²) in [4.78, 5) is 30.5. The number of benzene rings is 3. The van der Waals surface area contributed by atoms with Crippen LogP contribution in [0.1, 0.15) is 109 Å². The lowest BCUT2D eigenvalue weighted by Gasteiger charge is -2.44. The molecule has 0 radical (unpaired) electrons. The molecule has 4 aliphatic rings. The molecule has 2 aliphatic carbocycles. The highest BCUT2D eigenvalue weighted by Gasteiger charge is 2.59. The summed E-state index contributed by atoms with van der Waals surface area (Å²) < 4.78 is 14.3. The zero-order valence-electron chi connectivity index (χ0n) is 33.9. The van der Waals surface area contributed by atoms with Crippen LogP contribution in [0, 0.1) is 31.6 Å². The Morgan fingerprint density at radius 2 is 1.51 bits per heavy atom. The fourth-order valence-corrected chi connectivity index (χ4v) is 15.0. The summed E-state index contributed by atoms with van der Waals surface area (Å²) >= 11 is 0. The van der Waals surface area contributed by atoms with Gasteiger partial charge in [-0.2, -0.15) is 0 Å². The lowest BCUT2D eigenvalue weighted by atomic mass is 9.69. The molecule has 2 heterocycles. The van der Waals surface area contributed by atoms with Gasteiger partial charge in [-0.25, -0.2) is 0 Å². The Labute approximate surface area is 330 Å². The van der Waals surface area contributed by atoms with Crippen molar-refractivity contribution in [1.29, 1.82) is 0 Å². The Morgan fingerprint density at radius 3 is 2.09 bits per heavy atom. The maximum atomic E-state index is 14.4. The summed E-state index contributed by atoms with van der Waals surface area (Å²) in [5.74, 6) is -0.422. The molecule has 6 nitrogen and oxygen atoms in total. The number of imide groups is 1. The van der Waals surface area contributed by atoms with E-state index in [4.69, 9.17) is 9.16 Å². The number of likely N-dealkylation sites (tertiary alicyclic amines) is 1. The van der Waals surface area contributed by atoms with E-state index >= 15 is 0 Å². The summed E-state index contributed by atoms with van der Waals surface area (Å²) in [5.41, 5.74) is 6.62. The molecule has 2 saturated heterocycles. The minimum atomic E-state index is -2.87. The molecule has 3 aromatic carbocycles. The number of nitrogens with zero attached hydrogens (tertiary/aromatic N) is 1. The molecule has 0 bridgehead atoms. The van der Waals surface area contributed by atoms with Gasteiger partial charge >= 0.3 is 0 Å². The molecule has 2 aliphatic heterocycles. The lowest BCUT2D eigenvalue weighted by Crippen LogP contribution is -2.66. The first-order chi connectivity index (χ1) is 26.4. The van der Waals surface area contributed by atoms with Crippen LogP contribution in [0.3, 0.4) is 0 Å². The van der Waals surface area contributed by atoms with Crippen LogP contribution in [0.15, 0.2) is 89.5 Å². The first-order valence-corrected chi connectivity index (χ1v) is 22.8. The fourth-order valence-electron chi connectivity index (χ4n) is 10.5. The molecule has 1 N–H and O–H groups in total. The second-order valence-electron chi connectivity index (χ2n) is 17.7. The number of fused-ring (bicyclic) bond motifs is 3. The normalized spacial score (nSPS) is 23.7. The number of hydrogen-bond acceptors (Lipinski definition) is 5. The molecule has 0 unspecified atom stereocenters. The zero-order chi connectivity index (χ0) is 38.9. The van der Waals surface area contributed by atoms with Crippen molar-refractivity contribution in [3.05, 3.63) is 106 Å². The Kier molecular flexibility index (Phi) is 11.7.